The predicted octanol–water partition coefficient (Wildman–Crippen LogP) is 1.33. The maximum Gasteiger partial charge on any atom is 0.0537 e. The summed E-state index contributed by atoms with van der Waals surface area (Å²) >= 11 is 0. The molecule has 0 spiro atoms. The molecule has 2 atom stereocenters. The molecule has 2 rings (SSSR count). The molecule has 1 fully saturated rings. The zero-order chi connectivity index (χ0) is 10.7. The van der Waals surface area contributed by atoms with E-state index in [4.69, 9.17) is 10.5 Å². The first-order valence-electron chi connectivity index (χ1n) is 5.61. The Hall–Kier alpha value is -0.870. The number of hydrogen-bond donors (Lipinski definition) is 1. The van der Waals surface area contributed by atoms with E-state index in [1.165, 1.54) is 12.8 Å². The molecule has 15 heavy (non-hydrogen) atoms. The molecule has 0 saturated carbocycles. The zero-order valence-electron chi connectivity index (χ0n) is 9.22. The summed E-state index contributed by atoms with van der Waals surface area (Å²) in [7, 11) is 0. The first kappa shape index (κ1) is 10.6. The third-order valence-electron chi connectivity index (χ3n) is 2.88. The second-order valence-corrected chi connectivity index (χ2v) is 4.37. The Morgan fingerprint density at radius 1 is 1.73 bits per heavy atom. The molecule has 1 aromatic rings. The van der Waals surface area contributed by atoms with Crippen molar-refractivity contribution in [3.05, 3.63) is 18.0 Å². The van der Waals surface area contributed by atoms with Gasteiger partial charge in [-0.3, -0.25) is 4.68 Å². The fourth-order valence-corrected chi connectivity index (χ4v) is 1.93. The molecule has 1 aliphatic rings. The van der Waals surface area contributed by atoms with Gasteiger partial charge in [-0.05, 0) is 19.8 Å². The SMILES string of the molecule is C[C@@H](N)c1cnn(C[C@@H]2CCCOC2)c1. The van der Waals surface area contributed by atoms with Crippen LogP contribution in [0.1, 0.15) is 31.4 Å². The van der Waals surface area contributed by atoms with Gasteiger partial charge in [0.25, 0.3) is 0 Å². The molecule has 0 amide bonds. The van der Waals surface area contributed by atoms with Crippen molar-refractivity contribution in [1.82, 2.24) is 9.78 Å². The van der Waals surface area contributed by atoms with Crippen molar-refractivity contribution >= 4 is 0 Å². The minimum Gasteiger partial charge on any atom is -0.381 e. The second-order valence-electron chi connectivity index (χ2n) is 4.37. The number of nitrogens with zero attached hydrogens (tertiary/aromatic N) is 2. The smallest absolute Gasteiger partial charge is 0.0537 e. The second kappa shape index (κ2) is 4.77. The van der Waals surface area contributed by atoms with Crippen LogP contribution in [0.5, 0.6) is 0 Å². The molecule has 0 bridgehead atoms. The molecule has 2 heterocycles. The summed E-state index contributed by atoms with van der Waals surface area (Å²) in [6, 6.07) is 0.0707. The van der Waals surface area contributed by atoms with Crippen LogP contribution >= 0.6 is 0 Å². The van der Waals surface area contributed by atoms with Crippen LogP contribution in [0.25, 0.3) is 0 Å². The van der Waals surface area contributed by atoms with Crippen LogP contribution in [0.2, 0.25) is 0 Å². The van der Waals surface area contributed by atoms with E-state index >= 15 is 0 Å². The summed E-state index contributed by atoms with van der Waals surface area (Å²) in [6.45, 7) is 4.71. The number of aromatic nitrogens is 2. The summed E-state index contributed by atoms with van der Waals surface area (Å²) in [5, 5.41) is 4.31. The topological polar surface area (TPSA) is 53.1 Å². The molecule has 4 nitrogen and oxygen atoms in total. The number of ether oxygens (including phenoxy) is 1. The van der Waals surface area contributed by atoms with Gasteiger partial charge >= 0.3 is 0 Å². The van der Waals surface area contributed by atoms with E-state index in [2.05, 4.69) is 5.10 Å². The predicted molar refractivity (Wildman–Crippen MR) is 58.4 cm³/mol. The van der Waals surface area contributed by atoms with Crippen molar-refractivity contribution in [2.75, 3.05) is 13.2 Å². The van der Waals surface area contributed by atoms with Gasteiger partial charge in [0.05, 0.1) is 12.8 Å². The quantitative estimate of drug-likeness (QED) is 0.817. The molecule has 1 aromatic heterocycles. The third-order valence-corrected chi connectivity index (χ3v) is 2.88. The Morgan fingerprint density at radius 2 is 2.60 bits per heavy atom. The van der Waals surface area contributed by atoms with Crippen LogP contribution < -0.4 is 5.73 Å². The molecule has 1 saturated heterocycles. The van der Waals surface area contributed by atoms with E-state index in [9.17, 15) is 0 Å². The Balaban J connectivity index is 1.91. The first-order chi connectivity index (χ1) is 7.25. The van der Waals surface area contributed by atoms with E-state index in [-0.39, 0.29) is 6.04 Å². The van der Waals surface area contributed by atoms with E-state index in [0.29, 0.717) is 5.92 Å². The molecule has 0 unspecified atom stereocenters. The molecule has 4 heteroatoms. The normalized spacial score (nSPS) is 24.0. The van der Waals surface area contributed by atoms with Gasteiger partial charge < -0.3 is 10.5 Å². The Kier molecular flexibility index (Phi) is 3.38. The number of rotatable bonds is 3. The van der Waals surface area contributed by atoms with Crippen LogP contribution in [-0.2, 0) is 11.3 Å². The highest BCUT2D eigenvalue weighted by atomic mass is 16.5. The van der Waals surface area contributed by atoms with E-state index in [1.54, 1.807) is 0 Å². The molecule has 2 N–H and O–H groups in total. The Bertz CT molecular complexity index is 303. The first-order valence-corrected chi connectivity index (χ1v) is 5.61. The number of nitrogens with two attached hydrogens (primary N) is 1. The molecule has 0 radical (unpaired) electrons. The van der Waals surface area contributed by atoms with E-state index in [1.807, 2.05) is 24.0 Å². The van der Waals surface area contributed by atoms with Gasteiger partial charge in [0.15, 0.2) is 0 Å². The van der Waals surface area contributed by atoms with Crippen molar-refractivity contribution in [3.8, 4) is 0 Å². The largest absolute Gasteiger partial charge is 0.381 e. The lowest BCUT2D eigenvalue weighted by Gasteiger charge is -2.21. The lowest BCUT2D eigenvalue weighted by Crippen LogP contribution is -2.22. The summed E-state index contributed by atoms with van der Waals surface area (Å²) < 4.78 is 7.43. The van der Waals surface area contributed by atoms with Crippen LogP contribution in [0.3, 0.4) is 0 Å². The van der Waals surface area contributed by atoms with Crippen LogP contribution in [0.15, 0.2) is 12.4 Å². The van der Waals surface area contributed by atoms with Crippen LogP contribution in [0.4, 0.5) is 0 Å². The minimum absolute atomic E-state index is 0.0707. The van der Waals surface area contributed by atoms with Gasteiger partial charge in [0.1, 0.15) is 0 Å². The van der Waals surface area contributed by atoms with Crippen molar-refractivity contribution in [2.45, 2.75) is 32.4 Å². The average molecular weight is 209 g/mol. The van der Waals surface area contributed by atoms with Crippen LogP contribution in [0, 0.1) is 5.92 Å². The Morgan fingerprint density at radius 3 is 3.20 bits per heavy atom. The minimum atomic E-state index is 0.0707. The van der Waals surface area contributed by atoms with Crippen molar-refractivity contribution in [2.24, 2.45) is 11.7 Å². The number of hydrogen-bond acceptors (Lipinski definition) is 3. The average Bonchev–Trinajstić information content (AvgIpc) is 2.68. The fourth-order valence-electron chi connectivity index (χ4n) is 1.93. The van der Waals surface area contributed by atoms with Gasteiger partial charge in [-0.1, -0.05) is 0 Å². The summed E-state index contributed by atoms with van der Waals surface area (Å²) in [4.78, 5) is 0. The third kappa shape index (κ3) is 2.79. The molecular weight excluding hydrogens is 190 g/mol. The highest BCUT2D eigenvalue weighted by Crippen LogP contribution is 2.16. The summed E-state index contributed by atoms with van der Waals surface area (Å²) in [5.74, 6) is 0.611. The Labute approximate surface area is 90.4 Å². The van der Waals surface area contributed by atoms with Gasteiger partial charge in [-0.2, -0.15) is 5.10 Å². The van der Waals surface area contributed by atoms with Gasteiger partial charge in [-0.15, -0.1) is 0 Å². The van der Waals surface area contributed by atoms with E-state index in [0.717, 1.165) is 25.3 Å². The van der Waals surface area contributed by atoms with Crippen molar-refractivity contribution in [1.29, 1.82) is 0 Å². The van der Waals surface area contributed by atoms with Gasteiger partial charge in [0.2, 0.25) is 0 Å². The van der Waals surface area contributed by atoms with Gasteiger partial charge in [0, 0.05) is 36.9 Å². The highest BCUT2D eigenvalue weighted by Gasteiger charge is 2.15. The summed E-state index contributed by atoms with van der Waals surface area (Å²) in [6.07, 6.45) is 6.31. The maximum absolute atomic E-state index is 5.78. The monoisotopic (exact) mass is 209 g/mol. The van der Waals surface area contributed by atoms with Crippen molar-refractivity contribution < 1.29 is 4.74 Å². The van der Waals surface area contributed by atoms with Gasteiger partial charge in [-0.25, -0.2) is 0 Å². The van der Waals surface area contributed by atoms with Crippen LogP contribution in [-0.4, -0.2) is 23.0 Å². The standard InChI is InChI=1S/C11H19N3O/c1-9(12)11-5-13-14(7-11)6-10-3-2-4-15-8-10/h5,7,9-10H,2-4,6,8,12H2,1H3/t9-,10+/m1/s1. The molecule has 0 aromatic carbocycles. The molecular formula is C11H19N3O. The molecule has 0 aliphatic carbocycles. The lowest BCUT2D eigenvalue weighted by atomic mass is 10.0. The summed E-state index contributed by atoms with van der Waals surface area (Å²) in [5.41, 5.74) is 6.89. The fraction of sp³-hybridized carbons (Fsp3) is 0.727. The zero-order valence-corrected chi connectivity index (χ0v) is 9.22. The van der Waals surface area contributed by atoms with Crippen molar-refractivity contribution in [3.63, 3.8) is 0 Å². The molecule has 1 aliphatic heterocycles. The lowest BCUT2D eigenvalue weighted by molar-refractivity contribution is 0.0470. The molecule has 84 valence electrons. The maximum atomic E-state index is 5.78. The van der Waals surface area contributed by atoms with E-state index < -0.39 is 0 Å². The highest BCUT2D eigenvalue weighted by molar-refractivity contribution is 5.08.